The third-order valence-electron chi connectivity index (χ3n) is 3.89. The molecular weight excluding hydrogens is 260 g/mol. The van der Waals surface area contributed by atoms with Crippen LogP contribution in [-0.4, -0.2) is 21.3 Å². The van der Waals surface area contributed by atoms with Gasteiger partial charge in [-0.1, -0.05) is 6.42 Å². The van der Waals surface area contributed by atoms with Crippen molar-refractivity contribution < 1.29 is 5.11 Å². The fourth-order valence-electron chi connectivity index (χ4n) is 2.74. The molecule has 0 fully saturated rings. The molecule has 0 spiro atoms. The maximum Gasteiger partial charge on any atom is 0.262 e. The van der Waals surface area contributed by atoms with E-state index in [1.807, 2.05) is 6.92 Å². The maximum atomic E-state index is 12.6. The molecule has 3 rings (SSSR count). The number of aliphatic hydroxyl groups is 1. The second-order valence-electron chi connectivity index (χ2n) is 5.23. The summed E-state index contributed by atoms with van der Waals surface area (Å²) in [6.45, 7) is 1.79. The van der Waals surface area contributed by atoms with Crippen LogP contribution in [-0.2, 0) is 12.8 Å². The average molecular weight is 278 g/mol. The van der Waals surface area contributed by atoms with Gasteiger partial charge in [0.05, 0.1) is 24.4 Å². The quantitative estimate of drug-likeness (QED) is 0.857. The van der Waals surface area contributed by atoms with Crippen LogP contribution in [0.5, 0.6) is 0 Å². The third-order valence-corrected chi connectivity index (χ3v) is 5.09. The van der Waals surface area contributed by atoms with E-state index in [0.717, 1.165) is 29.5 Å². The molecule has 0 unspecified atom stereocenters. The standard InChI is InChI=1S/C14H18N2O2S/c1-9(7-17)16-8-15-13-12(14(16)18)10-5-3-2-4-6-11(10)19-13/h8-9,17H,2-7H2,1H3/t9-/m0/s1. The van der Waals surface area contributed by atoms with Crippen LogP contribution >= 0.6 is 11.3 Å². The fourth-order valence-corrected chi connectivity index (χ4v) is 3.96. The molecule has 0 saturated carbocycles. The SMILES string of the molecule is C[C@@H](CO)n1cnc2sc3c(c2c1=O)CCCCC3. The lowest BCUT2D eigenvalue weighted by Gasteiger charge is -2.11. The predicted molar refractivity (Wildman–Crippen MR) is 76.9 cm³/mol. The number of aryl methyl sites for hydroxylation is 2. The van der Waals surface area contributed by atoms with Crippen molar-refractivity contribution in [3.05, 3.63) is 27.1 Å². The smallest absolute Gasteiger partial charge is 0.262 e. The zero-order valence-corrected chi connectivity index (χ0v) is 11.9. The molecule has 0 saturated heterocycles. The van der Waals surface area contributed by atoms with Crippen molar-refractivity contribution in [2.45, 2.75) is 45.1 Å². The minimum absolute atomic E-state index is 0.00551. The predicted octanol–water partition coefficient (Wildman–Crippen LogP) is 2.28. The normalized spacial score (nSPS) is 17.2. The van der Waals surface area contributed by atoms with Crippen molar-refractivity contribution >= 4 is 21.6 Å². The van der Waals surface area contributed by atoms with Gasteiger partial charge in [-0.2, -0.15) is 0 Å². The molecule has 1 aliphatic carbocycles. The highest BCUT2D eigenvalue weighted by Gasteiger charge is 2.20. The summed E-state index contributed by atoms with van der Waals surface area (Å²) in [6.07, 6.45) is 7.24. The Bertz CT molecular complexity index is 659. The Hall–Kier alpha value is -1.20. The number of fused-ring (bicyclic) bond motifs is 3. The zero-order chi connectivity index (χ0) is 13.4. The summed E-state index contributed by atoms with van der Waals surface area (Å²) in [5, 5.41) is 10.0. The molecule has 102 valence electrons. The van der Waals surface area contributed by atoms with Crippen molar-refractivity contribution in [3.63, 3.8) is 0 Å². The van der Waals surface area contributed by atoms with E-state index in [4.69, 9.17) is 0 Å². The molecule has 2 aromatic heterocycles. The van der Waals surface area contributed by atoms with Gasteiger partial charge in [0.2, 0.25) is 0 Å². The van der Waals surface area contributed by atoms with Gasteiger partial charge < -0.3 is 5.11 Å². The van der Waals surface area contributed by atoms with Crippen LogP contribution < -0.4 is 5.56 Å². The summed E-state index contributed by atoms with van der Waals surface area (Å²) in [6, 6.07) is -0.217. The van der Waals surface area contributed by atoms with Gasteiger partial charge in [0.1, 0.15) is 4.83 Å². The van der Waals surface area contributed by atoms with Gasteiger partial charge in [-0.15, -0.1) is 11.3 Å². The first kappa shape index (κ1) is 12.8. The summed E-state index contributed by atoms with van der Waals surface area (Å²) in [4.78, 5) is 19.2. The Morgan fingerprint density at radius 3 is 3.00 bits per heavy atom. The van der Waals surface area contributed by atoms with Crippen molar-refractivity contribution in [1.29, 1.82) is 0 Å². The summed E-state index contributed by atoms with van der Waals surface area (Å²) in [5.41, 5.74) is 1.22. The van der Waals surface area contributed by atoms with Crippen molar-refractivity contribution in [1.82, 2.24) is 9.55 Å². The summed E-state index contributed by atoms with van der Waals surface area (Å²) < 4.78 is 1.56. The van der Waals surface area contributed by atoms with Crippen LogP contribution in [0, 0.1) is 0 Å². The second kappa shape index (κ2) is 5.06. The third kappa shape index (κ3) is 2.11. The van der Waals surface area contributed by atoms with Gasteiger partial charge in [-0.25, -0.2) is 4.98 Å². The fraction of sp³-hybridized carbons (Fsp3) is 0.571. The minimum atomic E-state index is -0.217. The highest BCUT2D eigenvalue weighted by molar-refractivity contribution is 7.18. The number of hydrogen-bond donors (Lipinski definition) is 1. The van der Waals surface area contributed by atoms with Crippen molar-refractivity contribution in [3.8, 4) is 0 Å². The molecule has 1 atom stereocenters. The van der Waals surface area contributed by atoms with Crippen LogP contribution in [0.15, 0.2) is 11.1 Å². The van der Waals surface area contributed by atoms with E-state index in [2.05, 4.69) is 4.98 Å². The molecule has 19 heavy (non-hydrogen) atoms. The maximum absolute atomic E-state index is 12.6. The van der Waals surface area contributed by atoms with Crippen molar-refractivity contribution in [2.24, 2.45) is 0 Å². The largest absolute Gasteiger partial charge is 0.394 e. The Morgan fingerprint density at radius 2 is 2.21 bits per heavy atom. The van der Waals surface area contributed by atoms with Gasteiger partial charge in [-0.05, 0) is 38.2 Å². The molecule has 0 bridgehead atoms. The van der Waals surface area contributed by atoms with E-state index in [-0.39, 0.29) is 18.2 Å². The van der Waals surface area contributed by atoms with Crippen LogP contribution in [0.3, 0.4) is 0 Å². The molecule has 0 aliphatic heterocycles. The summed E-state index contributed by atoms with van der Waals surface area (Å²) in [5.74, 6) is 0. The minimum Gasteiger partial charge on any atom is -0.394 e. The Labute approximate surface area is 115 Å². The molecule has 0 amide bonds. The van der Waals surface area contributed by atoms with E-state index in [1.165, 1.54) is 23.3 Å². The Morgan fingerprint density at radius 1 is 1.42 bits per heavy atom. The molecule has 5 heteroatoms. The van der Waals surface area contributed by atoms with Crippen LogP contribution in [0.25, 0.3) is 10.2 Å². The number of hydrogen-bond acceptors (Lipinski definition) is 4. The zero-order valence-electron chi connectivity index (χ0n) is 11.1. The van der Waals surface area contributed by atoms with E-state index in [9.17, 15) is 9.90 Å². The van der Waals surface area contributed by atoms with Gasteiger partial charge >= 0.3 is 0 Å². The van der Waals surface area contributed by atoms with E-state index in [0.29, 0.717) is 0 Å². The summed E-state index contributed by atoms with van der Waals surface area (Å²) >= 11 is 1.67. The van der Waals surface area contributed by atoms with Gasteiger partial charge in [-0.3, -0.25) is 9.36 Å². The highest BCUT2D eigenvalue weighted by atomic mass is 32.1. The lowest BCUT2D eigenvalue weighted by molar-refractivity contribution is 0.236. The number of thiophene rings is 1. The first-order chi connectivity index (χ1) is 9.22. The number of aliphatic hydroxyl groups excluding tert-OH is 1. The molecule has 0 radical (unpaired) electrons. The summed E-state index contributed by atoms with van der Waals surface area (Å²) in [7, 11) is 0. The molecule has 0 aromatic carbocycles. The first-order valence-corrected chi connectivity index (χ1v) is 7.66. The van der Waals surface area contributed by atoms with E-state index < -0.39 is 0 Å². The Kier molecular flexibility index (Phi) is 3.41. The molecule has 2 aromatic rings. The highest BCUT2D eigenvalue weighted by Crippen LogP contribution is 2.32. The number of nitrogens with zero attached hydrogens (tertiary/aromatic N) is 2. The second-order valence-corrected chi connectivity index (χ2v) is 6.32. The van der Waals surface area contributed by atoms with Gasteiger partial charge in [0, 0.05) is 4.88 Å². The molecule has 1 aliphatic rings. The topological polar surface area (TPSA) is 55.1 Å². The van der Waals surface area contributed by atoms with E-state index >= 15 is 0 Å². The van der Waals surface area contributed by atoms with Gasteiger partial charge in [0.15, 0.2) is 0 Å². The molecular formula is C14H18N2O2S. The van der Waals surface area contributed by atoms with Gasteiger partial charge in [0.25, 0.3) is 5.56 Å². The number of aromatic nitrogens is 2. The number of rotatable bonds is 2. The molecule has 4 nitrogen and oxygen atoms in total. The lowest BCUT2D eigenvalue weighted by Crippen LogP contribution is -2.25. The van der Waals surface area contributed by atoms with Crippen LogP contribution in [0.1, 0.15) is 42.7 Å². The average Bonchev–Trinajstić information content (AvgIpc) is 2.61. The van der Waals surface area contributed by atoms with Crippen LogP contribution in [0.4, 0.5) is 0 Å². The van der Waals surface area contributed by atoms with Crippen molar-refractivity contribution in [2.75, 3.05) is 6.61 Å². The lowest BCUT2D eigenvalue weighted by atomic mass is 10.1. The van der Waals surface area contributed by atoms with Crippen LogP contribution in [0.2, 0.25) is 0 Å². The first-order valence-electron chi connectivity index (χ1n) is 6.84. The molecule has 1 N–H and O–H groups in total. The van der Waals surface area contributed by atoms with E-state index in [1.54, 1.807) is 22.2 Å². The molecule has 2 heterocycles. The Balaban J connectivity index is 2.24. The monoisotopic (exact) mass is 278 g/mol.